The highest BCUT2D eigenvalue weighted by Gasteiger charge is 2.30. The van der Waals surface area contributed by atoms with Crippen LogP contribution in [0.15, 0.2) is 83.8 Å². The van der Waals surface area contributed by atoms with Gasteiger partial charge in [-0.3, -0.25) is 9.59 Å². The minimum atomic E-state index is -4.23. The van der Waals surface area contributed by atoms with Crippen LogP contribution in [0.5, 0.6) is 0 Å². The van der Waals surface area contributed by atoms with Crippen molar-refractivity contribution < 1.29 is 37.0 Å². The Labute approximate surface area is 290 Å². The first-order chi connectivity index (χ1) is 23.0. The first-order valence-electron chi connectivity index (χ1n) is 15.3. The number of alkyl carbamates (subject to hydrolysis) is 1. The molecule has 48 heavy (non-hydrogen) atoms. The molecule has 0 spiro atoms. The predicted octanol–water partition coefficient (Wildman–Crippen LogP) is 4.20. The van der Waals surface area contributed by atoms with Crippen molar-refractivity contribution in [3.63, 3.8) is 0 Å². The molecule has 0 fully saturated rings. The molecule has 0 bridgehead atoms. The second kappa shape index (κ2) is 19.9. The Hall–Kier alpha value is -3.72. The summed E-state index contributed by atoms with van der Waals surface area (Å²) in [5.74, 6) is -1.45. The first-order valence-corrected chi connectivity index (χ1v) is 17.5. The van der Waals surface area contributed by atoms with E-state index in [9.17, 15) is 22.8 Å². The second-order valence-electron chi connectivity index (χ2n) is 10.3. The quantitative estimate of drug-likeness (QED) is 0.134. The van der Waals surface area contributed by atoms with Crippen molar-refractivity contribution in [2.75, 3.05) is 26.3 Å². The second-order valence-corrected chi connectivity index (χ2v) is 12.9. The molecule has 2 unspecified atom stereocenters. The molecule has 0 aliphatic rings. The van der Waals surface area contributed by atoms with Crippen LogP contribution in [0.2, 0.25) is 10.0 Å². The van der Waals surface area contributed by atoms with Crippen molar-refractivity contribution in [2.24, 2.45) is 0 Å². The molecule has 0 radical (unpaired) electrons. The fourth-order valence-electron chi connectivity index (χ4n) is 4.41. The molecule has 2 atom stereocenters. The van der Waals surface area contributed by atoms with Crippen molar-refractivity contribution in [2.45, 2.75) is 56.6 Å². The normalized spacial score (nSPS) is 12.6. The van der Waals surface area contributed by atoms with Crippen LogP contribution in [-0.4, -0.2) is 71.1 Å². The summed E-state index contributed by atoms with van der Waals surface area (Å²) in [5, 5.41) is 8.40. The van der Waals surface area contributed by atoms with Gasteiger partial charge in [-0.25, -0.2) is 17.9 Å². The minimum absolute atomic E-state index is 0.0388. The Morgan fingerprint density at radius 1 is 0.792 bits per heavy atom. The summed E-state index contributed by atoms with van der Waals surface area (Å²) in [6, 6.07) is 20.3. The van der Waals surface area contributed by atoms with Gasteiger partial charge in [0.05, 0.1) is 11.6 Å². The van der Waals surface area contributed by atoms with Crippen LogP contribution >= 0.6 is 23.2 Å². The zero-order valence-corrected chi connectivity index (χ0v) is 28.9. The van der Waals surface area contributed by atoms with E-state index in [4.69, 9.17) is 37.4 Å². The SMILES string of the molecule is CCOC(CCNC(=O)C(Cc1ccc(Cl)cc1)NC(=O)C(CNS(=O)(=O)c1ccccc1Cl)OC(=O)NCc1ccccc1)OCC. The first kappa shape index (κ1) is 38.7. The molecule has 15 heteroatoms. The predicted molar refractivity (Wildman–Crippen MR) is 182 cm³/mol. The number of carbonyl (C=O) groups is 3. The minimum Gasteiger partial charge on any atom is -0.435 e. The number of hydrogen-bond acceptors (Lipinski definition) is 8. The largest absolute Gasteiger partial charge is 0.435 e. The van der Waals surface area contributed by atoms with Gasteiger partial charge in [0.25, 0.3) is 5.91 Å². The van der Waals surface area contributed by atoms with Gasteiger partial charge in [-0.2, -0.15) is 0 Å². The van der Waals surface area contributed by atoms with Gasteiger partial charge in [0.15, 0.2) is 12.4 Å². The highest BCUT2D eigenvalue weighted by atomic mass is 35.5. The van der Waals surface area contributed by atoms with Crippen molar-refractivity contribution in [3.05, 3.63) is 100 Å². The van der Waals surface area contributed by atoms with Gasteiger partial charge >= 0.3 is 6.09 Å². The number of halogens is 2. The molecule has 3 aromatic rings. The summed E-state index contributed by atoms with van der Waals surface area (Å²) >= 11 is 12.1. The molecule has 3 aromatic carbocycles. The van der Waals surface area contributed by atoms with Gasteiger partial charge in [-0.1, -0.05) is 77.8 Å². The van der Waals surface area contributed by atoms with Crippen molar-refractivity contribution in [3.8, 4) is 0 Å². The van der Waals surface area contributed by atoms with Crippen molar-refractivity contribution in [1.29, 1.82) is 0 Å². The Kier molecular flexibility index (Phi) is 16.1. The summed E-state index contributed by atoms with van der Waals surface area (Å²) in [6.45, 7) is 4.12. The van der Waals surface area contributed by atoms with Crippen LogP contribution < -0.4 is 20.7 Å². The van der Waals surface area contributed by atoms with Crippen molar-refractivity contribution in [1.82, 2.24) is 20.7 Å². The lowest BCUT2D eigenvalue weighted by atomic mass is 10.0. The van der Waals surface area contributed by atoms with Gasteiger partial charge in [0.2, 0.25) is 15.9 Å². The van der Waals surface area contributed by atoms with E-state index in [1.165, 1.54) is 18.2 Å². The van der Waals surface area contributed by atoms with Crippen LogP contribution in [-0.2, 0) is 46.8 Å². The number of ether oxygens (including phenoxy) is 3. The lowest BCUT2D eigenvalue weighted by molar-refractivity contribution is -0.140. The summed E-state index contributed by atoms with van der Waals surface area (Å²) < 4.78 is 44.9. The molecule has 3 amide bonds. The third-order valence-electron chi connectivity index (χ3n) is 6.78. The van der Waals surface area contributed by atoms with E-state index < -0.39 is 52.9 Å². The number of benzene rings is 3. The van der Waals surface area contributed by atoms with E-state index in [-0.39, 0.29) is 29.4 Å². The molecule has 4 N–H and O–H groups in total. The zero-order valence-electron chi connectivity index (χ0n) is 26.6. The number of rotatable bonds is 19. The fourth-order valence-corrected chi connectivity index (χ4v) is 6.08. The monoisotopic (exact) mass is 722 g/mol. The molecule has 0 saturated carbocycles. The fraction of sp³-hybridized carbons (Fsp3) is 0.364. The smallest absolute Gasteiger partial charge is 0.408 e. The molecule has 0 aromatic heterocycles. The highest BCUT2D eigenvalue weighted by Crippen LogP contribution is 2.20. The van der Waals surface area contributed by atoms with Crippen LogP contribution in [0.3, 0.4) is 0 Å². The summed E-state index contributed by atoms with van der Waals surface area (Å²) in [6.07, 6.45) is -2.78. The maximum absolute atomic E-state index is 13.7. The molecule has 12 nitrogen and oxygen atoms in total. The van der Waals surface area contributed by atoms with Gasteiger partial charge < -0.3 is 30.2 Å². The molecule has 260 valence electrons. The average molecular weight is 724 g/mol. The molecule has 0 heterocycles. The number of amides is 3. The molecular weight excluding hydrogens is 683 g/mol. The topological polar surface area (TPSA) is 161 Å². The third kappa shape index (κ3) is 13.1. The Balaban J connectivity index is 1.79. The summed E-state index contributed by atoms with van der Waals surface area (Å²) in [5.41, 5.74) is 1.45. The third-order valence-corrected chi connectivity index (χ3v) is 8.95. The number of carbonyl (C=O) groups excluding carboxylic acids is 3. The highest BCUT2D eigenvalue weighted by molar-refractivity contribution is 7.89. The lowest BCUT2D eigenvalue weighted by Crippen LogP contribution is -2.54. The van der Waals surface area contributed by atoms with Crippen LogP contribution in [0.25, 0.3) is 0 Å². The van der Waals surface area contributed by atoms with E-state index in [1.54, 1.807) is 54.6 Å². The molecular formula is C33H40Cl2N4O8S. The number of nitrogens with one attached hydrogen (secondary N) is 4. The zero-order chi connectivity index (χ0) is 34.9. The van der Waals surface area contributed by atoms with E-state index in [1.807, 2.05) is 19.9 Å². The van der Waals surface area contributed by atoms with Crippen LogP contribution in [0, 0.1) is 0 Å². The van der Waals surface area contributed by atoms with Gasteiger partial charge in [0.1, 0.15) is 10.9 Å². The van der Waals surface area contributed by atoms with E-state index >= 15 is 0 Å². The molecule has 0 saturated heterocycles. The van der Waals surface area contributed by atoms with Crippen LogP contribution in [0.4, 0.5) is 4.79 Å². The van der Waals surface area contributed by atoms with E-state index in [2.05, 4.69) is 20.7 Å². The number of sulfonamides is 1. The summed E-state index contributed by atoms with van der Waals surface area (Å²) in [4.78, 5) is 39.7. The standard InChI is InChI=1S/C33H40Cl2N4O8S/c1-3-45-30(46-4-2)18-19-36-31(40)27(20-23-14-16-25(34)17-15-23)39-32(41)28(47-33(42)37-21-24-10-6-5-7-11-24)22-38-48(43,44)29-13-9-8-12-26(29)35/h5-17,27-28,30,38H,3-4,18-22H2,1-2H3,(H,36,40)(H,37,42)(H,39,41). The van der Waals surface area contributed by atoms with E-state index in [0.717, 1.165) is 5.56 Å². The Bertz CT molecular complexity index is 1570. The maximum Gasteiger partial charge on any atom is 0.408 e. The molecule has 0 aliphatic heterocycles. The Morgan fingerprint density at radius 3 is 2.08 bits per heavy atom. The molecule has 0 aliphatic carbocycles. The number of hydrogen-bond donors (Lipinski definition) is 4. The summed E-state index contributed by atoms with van der Waals surface area (Å²) in [7, 11) is -4.23. The Morgan fingerprint density at radius 2 is 1.44 bits per heavy atom. The molecule has 3 rings (SSSR count). The lowest BCUT2D eigenvalue weighted by Gasteiger charge is -2.24. The van der Waals surface area contributed by atoms with E-state index in [0.29, 0.717) is 30.2 Å². The van der Waals surface area contributed by atoms with Crippen molar-refractivity contribution >= 4 is 51.1 Å². The van der Waals surface area contributed by atoms with Gasteiger partial charge in [0, 0.05) is 44.2 Å². The van der Waals surface area contributed by atoms with Gasteiger partial charge in [-0.05, 0) is 49.2 Å². The maximum atomic E-state index is 13.7. The van der Waals surface area contributed by atoms with Crippen LogP contribution in [0.1, 0.15) is 31.4 Å². The van der Waals surface area contributed by atoms with Gasteiger partial charge in [-0.15, -0.1) is 0 Å². The average Bonchev–Trinajstić information content (AvgIpc) is 3.07.